The minimum Gasteiger partial charge on any atom is -0.308 e. The molecule has 1 amide bonds. The first-order valence-electron chi connectivity index (χ1n) is 10.2. The predicted octanol–water partition coefficient (Wildman–Crippen LogP) is 5.20. The van der Waals surface area contributed by atoms with E-state index in [-0.39, 0.29) is 5.91 Å². The fraction of sp³-hybridized carbons (Fsp3) is 0.280. The maximum atomic E-state index is 13.5. The Hall–Kier alpha value is -2.76. The second kappa shape index (κ2) is 8.54. The maximum Gasteiger partial charge on any atom is 0.233 e. The highest BCUT2D eigenvalue weighted by Gasteiger charge is 2.21. The number of nitrogens with zero attached hydrogens (tertiary/aromatic N) is 3. The van der Waals surface area contributed by atoms with Gasteiger partial charge in [-0.25, -0.2) is 4.98 Å². The quantitative estimate of drug-likeness (QED) is 0.432. The van der Waals surface area contributed by atoms with E-state index in [4.69, 9.17) is 4.98 Å². The Labute approximate surface area is 181 Å². The lowest BCUT2D eigenvalue weighted by atomic mass is 10.0. The molecule has 4 aromatic rings. The summed E-state index contributed by atoms with van der Waals surface area (Å²) < 4.78 is 1.13. The molecular weight excluding hydrogens is 390 g/mol. The lowest BCUT2D eigenvalue weighted by Gasteiger charge is -2.22. The molecule has 3 aromatic carbocycles. The van der Waals surface area contributed by atoms with Crippen LogP contribution in [0.2, 0.25) is 0 Å². The first kappa shape index (κ1) is 20.5. The van der Waals surface area contributed by atoms with Crippen molar-refractivity contribution in [3.8, 4) is 0 Å². The van der Waals surface area contributed by atoms with E-state index in [9.17, 15) is 4.79 Å². The highest BCUT2D eigenvalue weighted by atomic mass is 32.1. The van der Waals surface area contributed by atoms with Gasteiger partial charge in [0.1, 0.15) is 0 Å². The molecule has 0 aliphatic rings. The summed E-state index contributed by atoms with van der Waals surface area (Å²) in [6.45, 7) is 5.62. The van der Waals surface area contributed by atoms with Crippen molar-refractivity contribution in [2.75, 3.05) is 32.1 Å². The van der Waals surface area contributed by atoms with Gasteiger partial charge >= 0.3 is 0 Å². The van der Waals surface area contributed by atoms with E-state index >= 15 is 0 Å². The van der Waals surface area contributed by atoms with Crippen LogP contribution in [0.15, 0.2) is 54.6 Å². The summed E-state index contributed by atoms with van der Waals surface area (Å²) in [5.74, 6) is 0.0840. The van der Waals surface area contributed by atoms with Gasteiger partial charge in [0.2, 0.25) is 5.91 Å². The number of likely N-dealkylation sites (N-methyl/N-ethyl adjacent to an activating group) is 1. The van der Waals surface area contributed by atoms with E-state index < -0.39 is 0 Å². The molecule has 0 saturated heterocycles. The molecule has 0 aliphatic heterocycles. The first-order chi connectivity index (χ1) is 14.4. The molecule has 4 rings (SSSR count). The Morgan fingerprint density at radius 2 is 1.70 bits per heavy atom. The highest BCUT2D eigenvalue weighted by Crippen LogP contribution is 2.31. The van der Waals surface area contributed by atoms with Crippen molar-refractivity contribution in [1.82, 2.24) is 9.88 Å². The van der Waals surface area contributed by atoms with Crippen molar-refractivity contribution in [3.05, 3.63) is 71.3 Å². The number of aryl methyl sites for hydroxylation is 2. The molecular formula is C25H27N3OS. The average Bonchev–Trinajstić information content (AvgIpc) is 3.10. The van der Waals surface area contributed by atoms with Crippen molar-refractivity contribution in [1.29, 1.82) is 0 Å². The van der Waals surface area contributed by atoms with Gasteiger partial charge in [-0.3, -0.25) is 9.69 Å². The monoisotopic (exact) mass is 417 g/mol. The number of anilines is 1. The summed E-state index contributed by atoms with van der Waals surface area (Å²) in [4.78, 5) is 22.2. The maximum absolute atomic E-state index is 13.5. The number of fused-ring (bicyclic) bond motifs is 2. The van der Waals surface area contributed by atoms with E-state index in [0.29, 0.717) is 13.0 Å². The van der Waals surface area contributed by atoms with Gasteiger partial charge in [0, 0.05) is 13.1 Å². The Morgan fingerprint density at radius 1 is 0.967 bits per heavy atom. The Morgan fingerprint density at radius 3 is 2.50 bits per heavy atom. The molecule has 0 bridgehead atoms. The highest BCUT2D eigenvalue weighted by molar-refractivity contribution is 7.22. The van der Waals surface area contributed by atoms with Crippen molar-refractivity contribution < 1.29 is 4.79 Å². The summed E-state index contributed by atoms with van der Waals surface area (Å²) in [5, 5.41) is 3.08. The van der Waals surface area contributed by atoms with Crippen LogP contribution in [0, 0.1) is 13.8 Å². The summed E-state index contributed by atoms with van der Waals surface area (Å²) in [6, 6.07) is 18.7. The number of rotatable bonds is 6. The van der Waals surface area contributed by atoms with Crippen LogP contribution in [0.5, 0.6) is 0 Å². The number of hydrogen-bond acceptors (Lipinski definition) is 4. The largest absolute Gasteiger partial charge is 0.308 e. The lowest BCUT2D eigenvalue weighted by Crippen LogP contribution is -2.37. The molecule has 30 heavy (non-hydrogen) atoms. The van der Waals surface area contributed by atoms with E-state index in [1.54, 1.807) is 11.3 Å². The average molecular weight is 418 g/mol. The van der Waals surface area contributed by atoms with E-state index in [2.05, 4.69) is 55.1 Å². The number of aromatic nitrogens is 1. The zero-order valence-electron chi connectivity index (χ0n) is 18.0. The minimum atomic E-state index is 0.0840. The van der Waals surface area contributed by atoms with Crippen LogP contribution in [0.4, 0.5) is 5.13 Å². The number of carbonyl (C=O) groups is 1. The van der Waals surface area contributed by atoms with Gasteiger partial charge in [-0.15, -0.1) is 0 Å². The van der Waals surface area contributed by atoms with E-state index in [1.165, 1.54) is 11.1 Å². The van der Waals surface area contributed by atoms with Crippen LogP contribution in [0.1, 0.15) is 16.7 Å². The topological polar surface area (TPSA) is 36.4 Å². The molecule has 1 heterocycles. The first-order valence-corrected chi connectivity index (χ1v) is 11.0. The van der Waals surface area contributed by atoms with Crippen LogP contribution in [0.3, 0.4) is 0 Å². The van der Waals surface area contributed by atoms with Gasteiger partial charge in [0.15, 0.2) is 5.13 Å². The predicted molar refractivity (Wildman–Crippen MR) is 128 cm³/mol. The van der Waals surface area contributed by atoms with E-state index in [1.807, 2.05) is 37.2 Å². The third kappa shape index (κ3) is 4.23. The smallest absolute Gasteiger partial charge is 0.233 e. The summed E-state index contributed by atoms with van der Waals surface area (Å²) >= 11 is 1.60. The van der Waals surface area contributed by atoms with Crippen molar-refractivity contribution in [2.24, 2.45) is 0 Å². The van der Waals surface area contributed by atoms with Crippen molar-refractivity contribution in [2.45, 2.75) is 20.3 Å². The van der Waals surface area contributed by atoms with Crippen LogP contribution < -0.4 is 4.90 Å². The van der Waals surface area contributed by atoms with Crippen LogP contribution in [-0.2, 0) is 11.2 Å². The number of carbonyl (C=O) groups excluding carboxylic acids is 1. The Balaban J connectivity index is 1.68. The molecule has 154 valence electrons. The third-order valence-corrected chi connectivity index (χ3v) is 6.56. The zero-order valence-corrected chi connectivity index (χ0v) is 18.8. The molecule has 0 atom stereocenters. The SMILES string of the molecule is Cc1cc2nc(N(CCN(C)C)C(=O)Cc3cccc4ccccc34)sc2cc1C. The molecule has 4 nitrogen and oxygen atoms in total. The molecule has 0 saturated carbocycles. The summed E-state index contributed by atoms with van der Waals surface area (Å²) in [7, 11) is 4.05. The third-order valence-electron chi connectivity index (χ3n) is 5.52. The van der Waals surface area contributed by atoms with Crippen molar-refractivity contribution >= 4 is 43.4 Å². The van der Waals surface area contributed by atoms with Crippen LogP contribution in [-0.4, -0.2) is 43.0 Å². The number of hydrogen-bond donors (Lipinski definition) is 0. The van der Waals surface area contributed by atoms with Gasteiger partial charge in [-0.1, -0.05) is 53.8 Å². The normalized spacial score (nSPS) is 11.5. The molecule has 0 spiro atoms. The van der Waals surface area contributed by atoms with Gasteiger partial charge in [0.25, 0.3) is 0 Å². The standard InChI is InChI=1S/C25H27N3OS/c1-17-14-22-23(15-18(17)2)30-25(26-22)28(13-12-27(3)4)24(29)16-20-10-7-9-19-8-5-6-11-21(19)20/h5-11,14-15H,12-13,16H2,1-4H3. The number of amides is 1. The summed E-state index contributed by atoms with van der Waals surface area (Å²) in [5.41, 5.74) is 4.49. The minimum absolute atomic E-state index is 0.0840. The molecule has 0 unspecified atom stereocenters. The number of thiazole rings is 1. The zero-order chi connectivity index (χ0) is 21.3. The summed E-state index contributed by atoms with van der Waals surface area (Å²) in [6.07, 6.45) is 0.364. The van der Waals surface area contributed by atoms with Crippen LogP contribution >= 0.6 is 11.3 Å². The molecule has 0 aliphatic carbocycles. The molecule has 1 aromatic heterocycles. The van der Waals surface area contributed by atoms with E-state index in [0.717, 1.165) is 38.2 Å². The second-order valence-corrected chi connectivity index (χ2v) is 9.07. The molecule has 0 N–H and O–H groups in total. The molecule has 5 heteroatoms. The number of benzene rings is 3. The van der Waals surface area contributed by atoms with Gasteiger partial charge in [-0.2, -0.15) is 0 Å². The second-order valence-electron chi connectivity index (χ2n) is 8.06. The fourth-order valence-corrected chi connectivity index (χ4v) is 4.70. The molecule has 0 radical (unpaired) electrons. The lowest BCUT2D eigenvalue weighted by molar-refractivity contribution is -0.118. The van der Waals surface area contributed by atoms with Gasteiger partial charge < -0.3 is 4.90 Å². The van der Waals surface area contributed by atoms with Gasteiger partial charge in [0.05, 0.1) is 16.6 Å². The Bertz CT molecular complexity index is 1170. The van der Waals surface area contributed by atoms with Gasteiger partial charge in [-0.05, 0) is 67.5 Å². The fourth-order valence-electron chi connectivity index (χ4n) is 3.62. The molecule has 0 fully saturated rings. The Kier molecular flexibility index (Phi) is 5.84. The van der Waals surface area contributed by atoms with Crippen molar-refractivity contribution in [3.63, 3.8) is 0 Å². The van der Waals surface area contributed by atoms with Crippen LogP contribution in [0.25, 0.3) is 21.0 Å².